The van der Waals surface area contributed by atoms with Gasteiger partial charge in [0.2, 0.25) is 5.91 Å². The lowest BCUT2D eigenvalue weighted by Crippen LogP contribution is -2.09. The summed E-state index contributed by atoms with van der Waals surface area (Å²) in [5, 5.41) is 13.4. The molecule has 0 fully saturated rings. The summed E-state index contributed by atoms with van der Waals surface area (Å²) in [4.78, 5) is 33.6. The van der Waals surface area contributed by atoms with Gasteiger partial charge in [-0.15, -0.1) is 0 Å². The third-order valence-electron chi connectivity index (χ3n) is 3.41. The molecule has 0 aliphatic rings. The summed E-state index contributed by atoms with van der Waals surface area (Å²) in [6, 6.07) is 10.4. The van der Waals surface area contributed by atoms with E-state index in [0.717, 1.165) is 0 Å². The molecule has 0 aromatic heterocycles. The van der Waals surface area contributed by atoms with Crippen molar-refractivity contribution in [3.05, 3.63) is 69.8 Å². The summed E-state index contributed by atoms with van der Waals surface area (Å²) in [6.45, 7) is 0. The Morgan fingerprint density at radius 1 is 1.12 bits per heavy atom. The van der Waals surface area contributed by atoms with Crippen LogP contribution in [0, 0.1) is 10.1 Å². The third kappa shape index (κ3) is 4.67. The number of anilines is 1. The highest BCUT2D eigenvalue weighted by Gasteiger charge is 2.12. The zero-order valence-electron chi connectivity index (χ0n) is 14.1. The molecule has 2 aromatic carbocycles. The predicted molar refractivity (Wildman–Crippen MR) is 95.1 cm³/mol. The van der Waals surface area contributed by atoms with Crippen LogP contribution < -0.4 is 10.1 Å². The van der Waals surface area contributed by atoms with Crippen molar-refractivity contribution >= 4 is 29.3 Å². The van der Waals surface area contributed by atoms with E-state index < -0.39 is 16.8 Å². The number of nitro benzene ring substituents is 1. The van der Waals surface area contributed by atoms with Crippen LogP contribution in [-0.4, -0.2) is 31.0 Å². The van der Waals surface area contributed by atoms with Crippen molar-refractivity contribution in [2.45, 2.75) is 0 Å². The molecule has 0 bridgehead atoms. The first-order chi connectivity index (χ1) is 12.4. The number of carbonyl (C=O) groups is 2. The number of methoxy groups -OCH3 is 2. The lowest BCUT2D eigenvalue weighted by molar-refractivity contribution is -0.384. The second-order valence-corrected chi connectivity index (χ2v) is 5.08. The molecule has 2 rings (SSSR count). The molecule has 0 saturated heterocycles. The van der Waals surface area contributed by atoms with E-state index in [1.54, 1.807) is 30.3 Å². The van der Waals surface area contributed by atoms with Crippen molar-refractivity contribution in [1.82, 2.24) is 0 Å². The number of rotatable bonds is 6. The van der Waals surface area contributed by atoms with Gasteiger partial charge < -0.3 is 14.8 Å². The van der Waals surface area contributed by atoms with Gasteiger partial charge in [-0.2, -0.15) is 0 Å². The average Bonchev–Trinajstić information content (AvgIpc) is 2.66. The minimum absolute atomic E-state index is 0.138. The number of non-ortho nitro benzene ring substituents is 1. The summed E-state index contributed by atoms with van der Waals surface area (Å²) in [6.07, 6.45) is 2.86. The number of esters is 1. The zero-order chi connectivity index (χ0) is 19.1. The number of benzene rings is 2. The van der Waals surface area contributed by atoms with Crippen molar-refractivity contribution in [2.24, 2.45) is 0 Å². The number of hydrogen-bond donors (Lipinski definition) is 1. The van der Waals surface area contributed by atoms with Crippen LogP contribution >= 0.6 is 0 Å². The molecule has 0 aliphatic heterocycles. The van der Waals surface area contributed by atoms with Crippen LogP contribution in [0.5, 0.6) is 5.75 Å². The Balaban J connectivity index is 2.07. The van der Waals surface area contributed by atoms with Crippen LogP contribution in [0.1, 0.15) is 15.9 Å². The quantitative estimate of drug-likeness (QED) is 0.369. The van der Waals surface area contributed by atoms with Gasteiger partial charge in [-0.05, 0) is 29.8 Å². The molecule has 26 heavy (non-hydrogen) atoms. The van der Waals surface area contributed by atoms with E-state index in [1.165, 1.54) is 38.5 Å². The van der Waals surface area contributed by atoms with E-state index >= 15 is 0 Å². The van der Waals surface area contributed by atoms with E-state index in [1.807, 2.05) is 0 Å². The van der Waals surface area contributed by atoms with Crippen LogP contribution in [0.3, 0.4) is 0 Å². The standard InChI is InChI=1S/C18H16N2O6/c1-25-16-11-14(20(23)24)8-9-15(16)19-17(21)10-5-12-3-6-13(7-4-12)18(22)26-2/h3-11H,1-2H3,(H,19,21)/b10-5+. The molecule has 8 nitrogen and oxygen atoms in total. The summed E-state index contributed by atoms with van der Waals surface area (Å²) in [7, 11) is 2.65. The van der Waals surface area contributed by atoms with E-state index in [-0.39, 0.29) is 11.4 Å². The second-order valence-electron chi connectivity index (χ2n) is 5.08. The minimum Gasteiger partial charge on any atom is -0.494 e. The fourth-order valence-electron chi connectivity index (χ4n) is 2.09. The molecule has 0 atom stereocenters. The van der Waals surface area contributed by atoms with E-state index in [4.69, 9.17) is 4.74 Å². The van der Waals surface area contributed by atoms with Gasteiger partial charge in [-0.1, -0.05) is 12.1 Å². The molecule has 0 saturated carbocycles. The molecular weight excluding hydrogens is 340 g/mol. The third-order valence-corrected chi connectivity index (χ3v) is 3.41. The van der Waals surface area contributed by atoms with Crippen molar-refractivity contribution in [3.8, 4) is 5.75 Å². The van der Waals surface area contributed by atoms with E-state index in [2.05, 4.69) is 10.1 Å². The average molecular weight is 356 g/mol. The molecule has 0 heterocycles. The number of nitrogens with one attached hydrogen (secondary N) is 1. The highest BCUT2D eigenvalue weighted by molar-refractivity contribution is 6.03. The van der Waals surface area contributed by atoms with E-state index in [0.29, 0.717) is 16.8 Å². The number of nitrogens with zero attached hydrogens (tertiary/aromatic N) is 1. The number of amides is 1. The summed E-state index contributed by atoms with van der Waals surface area (Å²) < 4.78 is 9.67. The van der Waals surface area contributed by atoms with Crippen molar-refractivity contribution in [3.63, 3.8) is 0 Å². The predicted octanol–water partition coefficient (Wildman–Crippen LogP) is 3.04. The van der Waals surface area contributed by atoms with Crippen LogP contribution in [0.25, 0.3) is 6.08 Å². The topological polar surface area (TPSA) is 108 Å². The van der Waals surface area contributed by atoms with Gasteiger partial charge in [0.15, 0.2) is 0 Å². The van der Waals surface area contributed by atoms with Gasteiger partial charge in [0, 0.05) is 12.1 Å². The van der Waals surface area contributed by atoms with Gasteiger partial charge in [0.05, 0.1) is 36.5 Å². The molecule has 134 valence electrons. The van der Waals surface area contributed by atoms with Gasteiger partial charge in [0.1, 0.15) is 5.75 Å². The number of ether oxygens (including phenoxy) is 2. The Morgan fingerprint density at radius 3 is 2.38 bits per heavy atom. The SMILES string of the molecule is COC(=O)c1ccc(/C=C/C(=O)Nc2ccc([N+](=O)[O-])cc2OC)cc1. The monoisotopic (exact) mass is 356 g/mol. The maximum Gasteiger partial charge on any atom is 0.337 e. The summed E-state index contributed by atoms with van der Waals surface area (Å²) in [5.41, 5.74) is 1.29. The van der Waals surface area contributed by atoms with E-state index in [9.17, 15) is 19.7 Å². The Labute approximate surface area is 149 Å². The Kier molecular flexibility index (Phi) is 6.05. The number of carbonyl (C=O) groups excluding carboxylic acids is 2. The van der Waals surface area contributed by atoms with Gasteiger partial charge in [0.25, 0.3) is 5.69 Å². The van der Waals surface area contributed by atoms with Gasteiger partial charge in [-0.25, -0.2) is 4.79 Å². The largest absolute Gasteiger partial charge is 0.494 e. The molecule has 1 amide bonds. The normalized spacial score (nSPS) is 10.4. The fourth-order valence-corrected chi connectivity index (χ4v) is 2.09. The maximum atomic E-state index is 12.0. The Morgan fingerprint density at radius 2 is 1.81 bits per heavy atom. The van der Waals surface area contributed by atoms with Crippen molar-refractivity contribution in [1.29, 1.82) is 0 Å². The zero-order valence-corrected chi connectivity index (χ0v) is 14.1. The van der Waals surface area contributed by atoms with Crippen molar-refractivity contribution < 1.29 is 24.0 Å². The Bertz CT molecular complexity index is 858. The molecule has 1 N–H and O–H groups in total. The summed E-state index contributed by atoms with van der Waals surface area (Å²) >= 11 is 0. The maximum absolute atomic E-state index is 12.0. The molecular formula is C18H16N2O6. The first-order valence-electron chi connectivity index (χ1n) is 7.44. The highest BCUT2D eigenvalue weighted by Crippen LogP contribution is 2.28. The smallest absolute Gasteiger partial charge is 0.337 e. The van der Waals surface area contributed by atoms with Crippen LogP contribution in [0.4, 0.5) is 11.4 Å². The molecule has 2 aromatic rings. The van der Waals surface area contributed by atoms with Crippen LogP contribution in [0.2, 0.25) is 0 Å². The first kappa shape index (κ1) is 18.7. The number of nitro groups is 1. The van der Waals surface area contributed by atoms with Crippen LogP contribution in [0.15, 0.2) is 48.5 Å². The highest BCUT2D eigenvalue weighted by atomic mass is 16.6. The molecule has 0 aliphatic carbocycles. The summed E-state index contributed by atoms with van der Waals surface area (Å²) in [5.74, 6) is -0.693. The fraction of sp³-hybridized carbons (Fsp3) is 0.111. The second kappa shape index (κ2) is 8.43. The Hall–Kier alpha value is -3.68. The molecule has 0 spiro atoms. The minimum atomic E-state index is -0.550. The molecule has 0 unspecified atom stereocenters. The number of hydrogen-bond acceptors (Lipinski definition) is 6. The first-order valence-corrected chi connectivity index (χ1v) is 7.44. The molecule has 0 radical (unpaired) electrons. The van der Waals surface area contributed by atoms with Crippen molar-refractivity contribution in [2.75, 3.05) is 19.5 Å². The van der Waals surface area contributed by atoms with Gasteiger partial charge in [-0.3, -0.25) is 14.9 Å². The lowest BCUT2D eigenvalue weighted by Gasteiger charge is -2.08. The van der Waals surface area contributed by atoms with Crippen LogP contribution in [-0.2, 0) is 9.53 Å². The van der Waals surface area contributed by atoms with Gasteiger partial charge >= 0.3 is 5.97 Å². The molecule has 8 heteroatoms. The lowest BCUT2D eigenvalue weighted by atomic mass is 10.1.